The molecule has 0 aromatic carbocycles. The van der Waals surface area contributed by atoms with Crippen LogP contribution in [0.3, 0.4) is 0 Å². The summed E-state index contributed by atoms with van der Waals surface area (Å²) in [7, 11) is 1.15. The lowest BCUT2D eigenvalue weighted by Crippen LogP contribution is -2.46. The molecule has 1 aliphatic rings. The fraction of sp³-hybridized carbons (Fsp3) is 0.538. The lowest BCUT2D eigenvalue weighted by Gasteiger charge is -2.26. The Bertz CT molecular complexity index is 510. The summed E-state index contributed by atoms with van der Waals surface area (Å²) in [4.78, 5) is 36.4. The van der Waals surface area contributed by atoms with Crippen molar-refractivity contribution in [2.75, 3.05) is 7.11 Å². The number of carbonyl (C=O) groups excluding carboxylic acids is 3. The van der Waals surface area contributed by atoms with Crippen molar-refractivity contribution in [2.45, 2.75) is 38.8 Å². The highest BCUT2D eigenvalue weighted by Crippen LogP contribution is 2.24. The van der Waals surface area contributed by atoms with Crippen LogP contribution in [0.4, 0.5) is 4.79 Å². The first-order valence-corrected chi connectivity index (χ1v) is 5.93. The second-order valence-electron chi connectivity index (χ2n) is 5.15. The van der Waals surface area contributed by atoms with Gasteiger partial charge in [0.05, 0.1) is 19.6 Å². The maximum absolute atomic E-state index is 12.1. The van der Waals surface area contributed by atoms with E-state index in [2.05, 4.69) is 4.74 Å². The van der Waals surface area contributed by atoms with E-state index in [4.69, 9.17) is 10.00 Å². The molecule has 0 aliphatic carbocycles. The van der Waals surface area contributed by atoms with Gasteiger partial charge in [0.25, 0.3) is 5.91 Å². The third-order valence-electron chi connectivity index (χ3n) is 2.43. The number of rotatable bonds is 2. The Labute approximate surface area is 116 Å². The van der Waals surface area contributed by atoms with Crippen molar-refractivity contribution in [3.63, 3.8) is 0 Å². The minimum absolute atomic E-state index is 0.0776. The molecule has 108 valence electrons. The molecule has 0 spiro atoms. The number of nitrogens with zero attached hydrogens (tertiary/aromatic N) is 2. The van der Waals surface area contributed by atoms with Crippen molar-refractivity contribution < 1.29 is 23.9 Å². The van der Waals surface area contributed by atoms with E-state index in [9.17, 15) is 14.4 Å². The van der Waals surface area contributed by atoms with Gasteiger partial charge in [-0.1, -0.05) is 0 Å². The van der Waals surface area contributed by atoms with E-state index in [1.165, 1.54) is 6.08 Å². The molecule has 1 unspecified atom stereocenters. The summed E-state index contributed by atoms with van der Waals surface area (Å²) in [5, 5.41) is 8.64. The fourth-order valence-electron chi connectivity index (χ4n) is 1.64. The van der Waals surface area contributed by atoms with Gasteiger partial charge in [-0.05, 0) is 26.8 Å². The van der Waals surface area contributed by atoms with Crippen LogP contribution in [0.5, 0.6) is 0 Å². The first kappa shape index (κ1) is 15.7. The number of hydrogen-bond acceptors (Lipinski definition) is 6. The van der Waals surface area contributed by atoms with Crippen molar-refractivity contribution >= 4 is 18.0 Å². The lowest BCUT2D eigenvalue weighted by atomic mass is 10.2. The average molecular weight is 280 g/mol. The zero-order chi connectivity index (χ0) is 15.5. The number of nitriles is 1. The highest BCUT2D eigenvalue weighted by atomic mass is 16.6. The Morgan fingerprint density at radius 3 is 2.50 bits per heavy atom. The minimum Gasteiger partial charge on any atom is -0.467 e. The van der Waals surface area contributed by atoms with E-state index < -0.39 is 29.6 Å². The third kappa shape index (κ3) is 3.35. The van der Waals surface area contributed by atoms with Gasteiger partial charge in [-0.2, -0.15) is 5.26 Å². The highest BCUT2D eigenvalue weighted by Gasteiger charge is 2.43. The zero-order valence-corrected chi connectivity index (χ0v) is 11.8. The molecule has 1 heterocycles. The number of amides is 2. The molecule has 1 rings (SSSR count). The van der Waals surface area contributed by atoms with Gasteiger partial charge in [-0.25, -0.2) is 14.5 Å². The van der Waals surface area contributed by atoms with Gasteiger partial charge >= 0.3 is 12.1 Å². The van der Waals surface area contributed by atoms with Gasteiger partial charge in [-0.3, -0.25) is 4.79 Å². The van der Waals surface area contributed by atoms with E-state index >= 15 is 0 Å². The van der Waals surface area contributed by atoms with E-state index in [0.717, 1.165) is 7.11 Å². The van der Waals surface area contributed by atoms with Gasteiger partial charge in [0.15, 0.2) is 6.04 Å². The molecular weight excluding hydrogens is 264 g/mol. The van der Waals surface area contributed by atoms with Crippen molar-refractivity contribution in [3.05, 3.63) is 11.6 Å². The summed E-state index contributed by atoms with van der Waals surface area (Å²) in [6, 6.07) is 0.616. The predicted molar refractivity (Wildman–Crippen MR) is 67.2 cm³/mol. The molecule has 7 heteroatoms. The average Bonchev–Trinajstić information content (AvgIpc) is 2.64. The molecule has 0 aromatic rings. The number of carbonyl (C=O) groups is 3. The van der Waals surface area contributed by atoms with E-state index in [-0.39, 0.29) is 12.0 Å². The summed E-state index contributed by atoms with van der Waals surface area (Å²) in [5.41, 5.74) is -0.732. The Kier molecular flexibility index (Phi) is 4.50. The Balaban J connectivity index is 3.04. The van der Waals surface area contributed by atoms with Crippen molar-refractivity contribution in [3.8, 4) is 6.07 Å². The van der Waals surface area contributed by atoms with E-state index in [1.54, 1.807) is 26.8 Å². The van der Waals surface area contributed by atoms with Crippen LogP contribution in [0.25, 0.3) is 0 Å². The first-order valence-electron chi connectivity index (χ1n) is 5.93. The summed E-state index contributed by atoms with van der Waals surface area (Å²) in [5.74, 6) is -1.48. The SMILES string of the molecule is COC(=O)C1C=C(CC#N)C(=O)N1C(=O)OC(C)(C)C. The summed E-state index contributed by atoms with van der Waals surface area (Å²) in [6.45, 7) is 4.92. The second-order valence-corrected chi connectivity index (χ2v) is 5.15. The Hall–Kier alpha value is -2.36. The summed E-state index contributed by atoms with van der Waals surface area (Å²) in [6.07, 6.45) is 0.120. The van der Waals surface area contributed by atoms with Gasteiger partial charge < -0.3 is 9.47 Å². The molecule has 0 saturated carbocycles. The fourth-order valence-corrected chi connectivity index (χ4v) is 1.64. The van der Waals surface area contributed by atoms with Gasteiger partial charge in [-0.15, -0.1) is 0 Å². The number of imide groups is 1. The van der Waals surface area contributed by atoms with E-state index in [0.29, 0.717) is 4.90 Å². The molecule has 2 amide bonds. The second kappa shape index (κ2) is 5.74. The standard InChI is InChI=1S/C13H16N2O5/c1-13(2,3)20-12(18)15-9(11(17)19-4)7-8(5-6-14)10(15)16/h7,9H,5H2,1-4H3. The summed E-state index contributed by atoms with van der Waals surface area (Å²) >= 11 is 0. The van der Waals surface area contributed by atoms with Crippen molar-refractivity contribution in [1.82, 2.24) is 4.90 Å². The molecule has 20 heavy (non-hydrogen) atoms. The maximum atomic E-state index is 12.1. The first-order chi connectivity index (χ1) is 9.21. The smallest absolute Gasteiger partial charge is 0.418 e. The normalized spacial score (nSPS) is 18.4. The Morgan fingerprint density at radius 1 is 1.45 bits per heavy atom. The summed E-state index contributed by atoms with van der Waals surface area (Å²) < 4.78 is 9.64. The van der Waals surface area contributed by atoms with Crippen LogP contribution in [-0.4, -0.2) is 41.6 Å². The van der Waals surface area contributed by atoms with Crippen LogP contribution in [0.1, 0.15) is 27.2 Å². The predicted octanol–water partition coefficient (Wildman–Crippen LogP) is 1.15. The molecular formula is C13H16N2O5. The van der Waals surface area contributed by atoms with Crippen LogP contribution in [-0.2, 0) is 19.1 Å². The molecule has 7 nitrogen and oxygen atoms in total. The number of ether oxygens (including phenoxy) is 2. The Morgan fingerprint density at radius 2 is 2.05 bits per heavy atom. The lowest BCUT2D eigenvalue weighted by molar-refractivity contribution is -0.147. The largest absolute Gasteiger partial charge is 0.467 e. The molecule has 1 atom stereocenters. The topological polar surface area (TPSA) is 96.7 Å². The van der Waals surface area contributed by atoms with Gasteiger partial charge in [0.1, 0.15) is 5.60 Å². The number of hydrogen-bond donors (Lipinski definition) is 0. The van der Waals surface area contributed by atoms with Crippen LogP contribution in [0.2, 0.25) is 0 Å². The van der Waals surface area contributed by atoms with Crippen molar-refractivity contribution in [1.29, 1.82) is 5.26 Å². The molecule has 0 fully saturated rings. The molecule has 0 radical (unpaired) electrons. The zero-order valence-electron chi connectivity index (χ0n) is 11.8. The quantitative estimate of drug-likeness (QED) is 0.704. The number of esters is 1. The van der Waals surface area contributed by atoms with Crippen LogP contribution in [0, 0.1) is 11.3 Å². The molecule has 0 saturated heterocycles. The monoisotopic (exact) mass is 280 g/mol. The maximum Gasteiger partial charge on any atom is 0.418 e. The van der Waals surface area contributed by atoms with Crippen LogP contribution in [0.15, 0.2) is 11.6 Å². The molecule has 0 N–H and O–H groups in total. The molecule has 0 aromatic heterocycles. The number of methoxy groups -OCH3 is 1. The van der Waals surface area contributed by atoms with Gasteiger partial charge in [0, 0.05) is 5.57 Å². The molecule has 1 aliphatic heterocycles. The van der Waals surface area contributed by atoms with E-state index in [1.807, 2.05) is 0 Å². The van der Waals surface area contributed by atoms with Crippen LogP contribution >= 0.6 is 0 Å². The minimum atomic E-state index is -1.19. The molecule has 0 bridgehead atoms. The van der Waals surface area contributed by atoms with Crippen molar-refractivity contribution in [2.24, 2.45) is 0 Å². The van der Waals surface area contributed by atoms with Crippen LogP contribution < -0.4 is 0 Å². The van der Waals surface area contributed by atoms with Gasteiger partial charge in [0.2, 0.25) is 0 Å². The highest BCUT2D eigenvalue weighted by molar-refractivity contribution is 6.09. The third-order valence-corrected chi connectivity index (χ3v) is 2.43.